The Morgan fingerprint density at radius 1 is 1.31 bits per heavy atom. The van der Waals surface area contributed by atoms with Crippen LogP contribution in [0.2, 0.25) is 0 Å². The van der Waals surface area contributed by atoms with Gasteiger partial charge in [0.2, 0.25) is 0 Å². The lowest BCUT2D eigenvalue weighted by Crippen LogP contribution is -1.99. The monoisotopic (exact) mass is 176 g/mol. The second-order valence-electron chi connectivity index (χ2n) is 2.83. The largest absolute Gasteiger partial charge is 0.399 e. The van der Waals surface area contributed by atoms with Crippen molar-refractivity contribution in [1.29, 1.82) is 0 Å². The highest BCUT2D eigenvalue weighted by molar-refractivity contribution is 5.94. The molecule has 0 heterocycles. The van der Waals surface area contributed by atoms with Crippen LogP contribution in [0.4, 0.5) is 5.69 Å². The van der Waals surface area contributed by atoms with E-state index in [1.165, 1.54) is 13.0 Å². The van der Waals surface area contributed by atoms with E-state index >= 15 is 0 Å². The molecule has 0 saturated heterocycles. The van der Waals surface area contributed by atoms with Crippen molar-refractivity contribution in [1.82, 2.24) is 0 Å². The van der Waals surface area contributed by atoms with E-state index in [-0.39, 0.29) is 5.78 Å². The summed E-state index contributed by atoms with van der Waals surface area (Å²) in [6, 6.07) is 7.06. The molecular formula is C10H12N2O. The molecule has 0 bridgehead atoms. The van der Waals surface area contributed by atoms with Crippen molar-refractivity contribution in [2.45, 2.75) is 6.92 Å². The number of carbonyl (C=O) groups excluding carboxylic acids is 1. The Balaban J connectivity index is 2.96. The first-order valence-corrected chi connectivity index (χ1v) is 3.93. The molecule has 3 heteroatoms. The number of carbonyl (C=O) groups is 1. The molecule has 0 atom stereocenters. The van der Waals surface area contributed by atoms with E-state index in [2.05, 4.69) is 0 Å². The number of benzene rings is 1. The average Bonchev–Trinajstić information content (AvgIpc) is 2.04. The number of rotatable bonds is 2. The second kappa shape index (κ2) is 3.76. The molecule has 0 radical (unpaired) electrons. The summed E-state index contributed by atoms with van der Waals surface area (Å²) in [5, 5.41) is 0. The molecular weight excluding hydrogens is 164 g/mol. The molecule has 0 saturated carbocycles. The molecule has 0 spiro atoms. The van der Waals surface area contributed by atoms with Gasteiger partial charge in [-0.05, 0) is 24.6 Å². The van der Waals surface area contributed by atoms with Gasteiger partial charge < -0.3 is 11.5 Å². The van der Waals surface area contributed by atoms with E-state index in [0.717, 1.165) is 5.56 Å². The van der Waals surface area contributed by atoms with Crippen molar-refractivity contribution in [3.8, 4) is 0 Å². The fourth-order valence-corrected chi connectivity index (χ4v) is 0.978. The smallest absolute Gasteiger partial charge is 0.154 e. The molecule has 1 aromatic carbocycles. The molecule has 1 rings (SSSR count). The van der Waals surface area contributed by atoms with Crippen LogP contribution in [-0.4, -0.2) is 5.78 Å². The predicted octanol–water partition coefficient (Wildman–Crippen LogP) is 1.16. The van der Waals surface area contributed by atoms with Gasteiger partial charge >= 0.3 is 0 Å². The number of nitrogen functional groups attached to an aromatic ring is 1. The van der Waals surface area contributed by atoms with Gasteiger partial charge in [0.05, 0.1) is 0 Å². The average molecular weight is 176 g/mol. The minimum absolute atomic E-state index is 0.0608. The van der Waals surface area contributed by atoms with Crippen molar-refractivity contribution in [3.05, 3.63) is 35.9 Å². The van der Waals surface area contributed by atoms with Gasteiger partial charge in [-0.1, -0.05) is 12.1 Å². The fourth-order valence-electron chi connectivity index (χ4n) is 0.978. The van der Waals surface area contributed by atoms with Gasteiger partial charge in [0.1, 0.15) is 0 Å². The third-order valence-corrected chi connectivity index (χ3v) is 1.60. The fraction of sp³-hybridized carbons (Fsp3) is 0.100. The van der Waals surface area contributed by atoms with E-state index in [4.69, 9.17) is 11.5 Å². The van der Waals surface area contributed by atoms with Crippen molar-refractivity contribution in [2.75, 3.05) is 5.73 Å². The molecule has 68 valence electrons. The van der Waals surface area contributed by atoms with Crippen LogP contribution in [0.1, 0.15) is 12.5 Å². The maximum absolute atomic E-state index is 10.7. The first-order chi connectivity index (χ1) is 6.09. The summed E-state index contributed by atoms with van der Waals surface area (Å²) in [5.74, 6) is -0.0608. The quantitative estimate of drug-likeness (QED) is 0.524. The molecule has 4 N–H and O–H groups in total. The Morgan fingerprint density at radius 3 is 2.31 bits per heavy atom. The zero-order chi connectivity index (χ0) is 9.84. The summed E-state index contributed by atoms with van der Waals surface area (Å²) in [6.45, 7) is 1.46. The van der Waals surface area contributed by atoms with Crippen molar-refractivity contribution in [3.63, 3.8) is 0 Å². The van der Waals surface area contributed by atoms with Crippen LogP contribution in [0.25, 0.3) is 5.70 Å². The SMILES string of the molecule is CC(=O)C=C(N)c1ccc(N)cc1. The molecule has 0 aliphatic carbocycles. The minimum atomic E-state index is -0.0608. The van der Waals surface area contributed by atoms with Crippen LogP contribution >= 0.6 is 0 Å². The van der Waals surface area contributed by atoms with E-state index in [9.17, 15) is 4.79 Å². The minimum Gasteiger partial charge on any atom is -0.399 e. The number of allylic oxidation sites excluding steroid dienone is 1. The summed E-state index contributed by atoms with van der Waals surface area (Å²) in [4.78, 5) is 10.7. The zero-order valence-electron chi connectivity index (χ0n) is 7.45. The van der Waals surface area contributed by atoms with E-state index in [1.54, 1.807) is 24.3 Å². The Hall–Kier alpha value is -1.77. The first kappa shape index (κ1) is 9.32. The molecule has 0 amide bonds. The molecule has 13 heavy (non-hydrogen) atoms. The van der Waals surface area contributed by atoms with Crippen LogP contribution < -0.4 is 11.5 Å². The predicted molar refractivity (Wildman–Crippen MR) is 53.7 cm³/mol. The molecule has 0 aliphatic heterocycles. The molecule has 0 fully saturated rings. The Morgan fingerprint density at radius 2 is 1.85 bits per heavy atom. The Kier molecular flexibility index (Phi) is 2.69. The maximum atomic E-state index is 10.7. The number of hydrogen-bond acceptors (Lipinski definition) is 3. The van der Waals surface area contributed by atoms with E-state index < -0.39 is 0 Å². The van der Waals surface area contributed by atoms with Gasteiger partial charge in [0, 0.05) is 17.5 Å². The van der Waals surface area contributed by atoms with Gasteiger partial charge in [-0.2, -0.15) is 0 Å². The highest BCUT2D eigenvalue weighted by atomic mass is 16.1. The molecule has 0 aromatic heterocycles. The summed E-state index contributed by atoms with van der Waals surface area (Å²) in [7, 11) is 0. The van der Waals surface area contributed by atoms with Gasteiger partial charge in [-0.25, -0.2) is 0 Å². The molecule has 0 unspecified atom stereocenters. The number of ketones is 1. The van der Waals surface area contributed by atoms with Crippen LogP contribution in [0.15, 0.2) is 30.3 Å². The standard InChI is InChI=1S/C10H12N2O/c1-7(13)6-10(12)8-2-4-9(11)5-3-8/h2-6H,11-12H2,1H3. The summed E-state index contributed by atoms with van der Waals surface area (Å²) < 4.78 is 0. The third-order valence-electron chi connectivity index (χ3n) is 1.60. The van der Waals surface area contributed by atoms with Crippen LogP contribution in [0, 0.1) is 0 Å². The Bertz CT molecular complexity index is 338. The molecule has 0 aliphatic rings. The molecule has 3 nitrogen and oxygen atoms in total. The van der Waals surface area contributed by atoms with E-state index in [0.29, 0.717) is 11.4 Å². The summed E-state index contributed by atoms with van der Waals surface area (Å²) in [6.07, 6.45) is 1.39. The molecule has 1 aromatic rings. The summed E-state index contributed by atoms with van der Waals surface area (Å²) >= 11 is 0. The van der Waals surface area contributed by atoms with Crippen LogP contribution in [-0.2, 0) is 4.79 Å². The maximum Gasteiger partial charge on any atom is 0.154 e. The number of hydrogen-bond donors (Lipinski definition) is 2. The Labute approximate surface area is 77.0 Å². The third kappa shape index (κ3) is 2.63. The van der Waals surface area contributed by atoms with Gasteiger partial charge in [0.15, 0.2) is 5.78 Å². The number of anilines is 1. The van der Waals surface area contributed by atoms with Crippen molar-refractivity contribution >= 4 is 17.2 Å². The highest BCUT2D eigenvalue weighted by Gasteiger charge is 1.96. The van der Waals surface area contributed by atoms with Crippen LogP contribution in [0.3, 0.4) is 0 Å². The first-order valence-electron chi connectivity index (χ1n) is 3.93. The lowest BCUT2D eigenvalue weighted by molar-refractivity contribution is -0.112. The number of nitrogens with two attached hydrogens (primary N) is 2. The lowest BCUT2D eigenvalue weighted by atomic mass is 10.1. The second-order valence-corrected chi connectivity index (χ2v) is 2.83. The van der Waals surface area contributed by atoms with Gasteiger partial charge in [-0.15, -0.1) is 0 Å². The summed E-state index contributed by atoms with van der Waals surface area (Å²) in [5.41, 5.74) is 13.1. The van der Waals surface area contributed by atoms with Crippen molar-refractivity contribution in [2.24, 2.45) is 5.73 Å². The zero-order valence-corrected chi connectivity index (χ0v) is 7.45. The van der Waals surface area contributed by atoms with Crippen molar-refractivity contribution < 1.29 is 4.79 Å². The van der Waals surface area contributed by atoms with E-state index in [1.807, 2.05) is 0 Å². The highest BCUT2D eigenvalue weighted by Crippen LogP contribution is 2.11. The van der Waals surface area contributed by atoms with Gasteiger partial charge in [-0.3, -0.25) is 4.79 Å². The lowest BCUT2D eigenvalue weighted by Gasteiger charge is -2.00. The topological polar surface area (TPSA) is 69.1 Å². The normalized spacial score (nSPS) is 11.3. The van der Waals surface area contributed by atoms with Crippen LogP contribution in [0.5, 0.6) is 0 Å². The van der Waals surface area contributed by atoms with Gasteiger partial charge in [0.25, 0.3) is 0 Å².